The number of nitrogens with zero attached hydrogens (tertiary/aromatic N) is 5. The number of nitro benzene ring substituents is 1. The number of aryl methyl sites for hydroxylation is 1. The Balaban J connectivity index is 1.36. The maximum absolute atomic E-state index is 13.4. The molecule has 0 N–H and O–H groups in total. The highest BCUT2D eigenvalue weighted by molar-refractivity contribution is 6.22. The van der Waals surface area contributed by atoms with E-state index >= 15 is 0 Å². The summed E-state index contributed by atoms with van der Waals surface area (Å²) in [4.78, 5) is 39.1. The van der Waals surface area contributed by atoms with E-state index in [0.29, 0.717) is 17.8 Å². The first-order valence-electron chi connectivity index (χ1n) is 10.4. The molecule has 9 nitrogen and oxygen atoms in total. The number of rotatable bonds is 3. The highest BCUT2D eigenvalue weighted by atomic mass is 16.6. The fourth-order valence-corrected chi connectivity index (χ4v) is 6.05. The van der Waals surface area contributed by atoms with Crippen LogP contribution in [0.5, 0.6) is 0 Å². The number of carbonyl (C=O) groups excluding carboxylic acids is 2. The number of nitro groups is 1. The van der Waals surface area contributed by atoms with Crippen LogP contribution >= 0.6 is 0 Å². The van der Waals surface area contributed by atoms with Gasteiger partial charge in [-0.2, -0.15) is 5.11 Å². The largest absolute Gasteiger partial charge is 0.294 e. The predicted octanol–water partition coefficient (Wildman–Crippen LogP) is 3.28. The zero-order valence-corrected chi connectivity index (χ0v) is 16.7. The van der Waals surface area contributed by atoms with E-state index in [2.05, 4.69) is 10.3 Å². The van der Waals surface area contributed by atoms with E-state index in [1.54, 1.807) is 35.3 Å². The second-order valence-electron chi connectivity index (χ2n) is 8.74. The molecule has 0 aromatic heterocycles. The van der Waals surface area contributed by atoms with E-state index in [0.717, 1.165) is 5.56 Å². The fourth-order valence-electron chi connectivity index (χ4n) is 6.05. The lowest BCUT2D eigenvalue weighted by molar-refractivity contribution is -0.384. The summed E-state index contributed by atoms with van der Waals surface area (Å²) in [6, 6.07) is 13.3. The highest BCUT2D eigenvalue weighted by Gasteiger charge is 2.70. The molecule has 2 aromatic carbocycles. The van der Waals surface area contributed by atoms with E-state index in [9.17, 15) is 19.7 Å². The van der Waals surface area contributed by atoms with Crippen LogP contribution in [0.25, 0.3) is 0 Å². The molecule has 2 saturated carbocycles. The Morgan fingerprint density at radius 2 is 1.68 bits per heavy atom. The second kappa shape index (κ2) is 6.19. The molecule has 0 radical (unpaired) electrons. The summed E-state index contributed by atoms with van der Waals surface area (Å²) in [6.07, 6.45) is 0.708. The topological polar surface area (TPSA) is 108 Å². The van der Waals surface area contributed by atoms with Crippen molar-refractivity contribution < 1.29 is 14.5 Å². The molecule has 0 spiro atoms. The van der Waals surface area contributed by atoms with Gasteiger partial charge < -0.3 is 0 Å². The van der Waals surface area contributed by atoms with Gasteiger partial charge in [-0.1, -0.05) is 35.1 Å². The van der Waals surface area contributed by atoms with Gasteiger partial charge in [0.1, 0.15) is 5.69 Å². The van der Waals surface area contributed by atoms with Gasteiger partial charge >= 0.3 is 0 Å². The molecule has 2 heterocycles. The summed E-state index contributed by atoms with van der Waals surface area (Å²) in [5, 5.41) is 21.8. The van der Waals surface area contributed by atoms with Crippen molar-refractivity contribution in [2.24, 2.45) is 34.0 Å². The number of hydrogen-bond donors (Lipinski definition) is 0. The van der Waals surface area contributed by atoms with Crippen molar-refractivity contribution in [3.63, 3.8) is 0 Å². The van der Waals surface area contributed by atoms with Crippen molar-refractivity contribution in [2.75, 3.05) is 9.91 Å². The maximum atomic E-state index is 13.4. The monoisotopic (exact) mass is 417 g/mol. The zero-order valence-electron chi connectivity index (χ0n) is 16.7. The highest BCUT2D eigenvalue weighted by Crippen LogP contribution is 2.61. The molecular weight excluding hydrogens is 398 g/mol. The molecule has 4 aliphatic rings. The molecule has 2 bridgehead atoms. The van der Waals surface area contributed by atoms with E-state index in [4.69, 9.17) is 0 Å². The van der Waals surface area contributed by atoms with Crippen LogP contribution in [-0.4, -0.2) is 28.8 Å². The molecular formula is C22H19N5O4. The van der Waals surface area contributed by atoms with Crippen LogP contribution in [0.2, 0.25) is 0 Å². The van der Waals surface area contributed by atoms with Gasteiger partial charge in [0.05, 0.1) is 34.5 Å². The number of amides is 2. The molecule has 1 saturated heterocycles. The van der Waals surface area contributed by atoms with E-state index in [1.807, 2.05) is 19.1 Å². The minimum atomic E-state index is -0.436. The molecule has 6 unspecified atom stereocenters. The maximum Gasteiger partial charge on any atom is 0.294 e. The van der Waals surface area contributed by atoms with Crippen molar-refractivity contribution in [3.05, 3.63) is 64.2 Å². The zero-order chi connectivity index (χ0) is 21.4. The van der Waals surface area contributed by atoms with Gasteiger partial charge in [0.25, 0.3) is 5.69 Å². The average molecular weight is 417 g/mol. The summed E-state index contributed by atoms with van der Waals surface area (Å²) >= 11 is 0. The van der Waals surface area contributed by atoms with Gasteiger partial charge in [-0.3, -0.25) is 24.6 Å². The smallest absolute Gasteiger partial charge is 0.274 e. The molecule has 3 fully saturated rings. The third-order valence-electron chi connectivity index (χ3n) is 7.27. The fraction of sp³-hybridized carbons (Fsp3) is 0.364. The number of fused-ring (bicyclic) bond motifs is 8. The van der Waals surface area contributed by atoms with Crippen LogP contribution in [0.1, 0.15) is 12.0 Å². The van der Waals surface area contributed by atoms with Crippen molar-refractivity contribution in [3.8, 4) is 0 Å². The average Bonchev–Trinajstić information content (AvgIpc) is 3.49. The van der Waals surface area contributed by atoms with Gasteiger partial charge in [-0.15, -0.1) is 0 Å². The Bertz CT molecular complexity index is 1160. The standard InChI is InChI=1S/C22H19N5O4/c1-11-6-8-12(9-7-11)25-21(28)17-13-10-14(18(17)22(25)29)20-19(13)23-24-26(20)15-4-2-3-5-16(15)27(30)31/h2-9,13-14,17-20H,10H2,1H3. The van der Waals surface area contributed by atoms with Crippen LogP contribution in [0.3, 0.4) is 0 Å². The number of imide groups is 1. The Kier molecular flexibility index (Phi) is 3.63. The quantitative estimate of drug-likeness (QED) is 0.433. The molecule has 6 rings (SSSR count). The lowest BCUT2D eigenvalue weighted by atomic mass is 9.76. The minimum absolute atomic E-state index is 0.0449. The molecule has 6 atom stereocenters. The van der Waals surface area contributed by atoms with E-state index in [-0.39, 0.29) is 41.4 Å². The van der Waals surface area contributed by atoms with Crippen molar-refractivity contribution >= 4 is 28.9 Å². The van der Waals surface area contributed by atoms with Crippen LogP contribution in [-0.2, 0) is 9.59 Å². The first-order chi connectivity index (χ1) is 15.0. The van der Waals surface area contributed by atoms with E-state index < -0.39 is 16.8 Å². The minimum Gasteiger partial charge on any atom is -0.274 e. The molecule has 2 aromatic rings. The van der Waals surface area contributed by atoms with Crippen molar-refractivity contribution in [1.82, 2.24) is 0 Å². The predicted molar refractivity (Wildman–Crippen MR) is 110 cm³/mol. The van der Waals surface area contributed by atoms with Crippen LogP contribution in [0, 0.1) is 40.7 Å². The Morgan fingerprint density at radius 1 is 1.00 bits per heavy atom. The Labute approximate surface area is 177 Å². The molecule has 2 aliphatic carbocycles. The van der Waals surface area contributed by atoms with Crippen molar-refractivity contribution in [2.45, 2.75) is 25.4 Å². The van der Waals surface area contributed by atoms with Crippen molar-refractivity contribution in [1.29, 1.82) is 0 Å². The molecule has 156 valence electrons. The third kappa shape index (κ3) is 2.31. The van der Waals surface area contributed by atoms with Gasteiger partial charge in [0.15, 0.2) is 0 Å². The summed E-state index contributed by atoms with van der Waals surface area (Å²) in [6.45, 7) is 1.95. The number of benzene rings is 2. The van der Waals surface area contributed by atoms with Gasteiger partial charge in [0, 0.05) is 6.07 Å². The van der Waals surface area contributed by atoms with Gasteiger partial charge in [-0.05, 0) is 43.4 Å². The molecule has 2 aliphatic heterocycles. The van der Waals surface area contributed by atoms with E-state index in [1.165, 1.54) is 11.0 Å². The van der Waals surface area contributed by atoms with Crippen LogP contribution in [0.15, 0.2) is 58.9 Å². The Morgan fingerprint density at radius 3 is 2.39 bits per heavy atom. The summed E-state index contributed by atoms with van der Waals surface area (Å²) in [5.74, 6) is -1.38. The number of anilines is 2. The van der Waals surface area contributed by atoms with Crippen LogP contribution < -0.4 is 9.91 Å². The summed E-state index contributed by atoms with van der Waals surface area (Å²) in [7, 11) is 0. The lowest BCUT2D eigenvalue weighted by Gasteiger charge is -2.33. The third-order valence-corrected chi connectivity index (χ3v) is 7.27. The number of para-hydroxylation sites is 2. The first-order valence-corrected chi connectivity index (χ1v) is 10.4. The van der Waals surface area contributed by atoms with Gasteiger partial charge in [0.2, 0.25) is 11.8 Å². The van der Waals surface area contributed by atoms with Crippen LogP contribution in [0.4, 0.5) is 17.1 Å². The molecule has 31 heavy (non-hydrogen) atoms. The molecule has 2 amide bonds. The van der Waals surface area contributed by atoms with Gasteiger partial charge in [-0.25, -0.2) is 5.01 Å². The first kappa shape index (κ1) is 18.2. The Hall–Kier alpha value is -3.62. The summed E-state index contributed by atoms with van der Waals surface area (Å²) in [5.41, 5.74) is 1.98. The second-order valence-corrected chi connectivity index (χ2v) is 8.74. The lowest BCUT2D eigenvalue weighted by Crippen LogP contribution is -2.47. The normalized spacial score (nSPS) is 32.7. The number of hydrogen-bond acceptors (Lipinski definition) is 7. The SMILES string of the molecule is Cc1ccc(N2C(=O)C3C4CC(C3C2=O)C2C4N=NN2c2ccccc2[N+](=O)[O-])cc1. The number of carbonyl (C=O) groups is 2. The molecule has 9 heteroatoms. The summed E-state index contributed by atoms with van der Waals surface area (Å²) < 4.78 is 0.